The van der Waals surface area contributed by atoms with Crippen molar-refractivity contribution in [3.8, 4) is 11.1 Å². The molecule has 1 aliphatic carbocycles. The lowest BCUT2D eigenvalue weighted by molar-refractivity contribution is 0.332. The topological polar surface area (TPSA) is 32.8 Å². The van der Waals surface area contributed by atoms with Crippen LogP contribution in [-0.4, -0.2) is 6.71 Å². The predicted molar refractivity (Wildman–Crippen MR) is 293 cm³/mol. The van der Waals surface area contributed by atoms with Gasteiger partial charge in [0.2, 0.25) is 0 Å². The van der Waals surface area contributed by atoms with Crippen molar-refractivity contribution in [3.05, 3.63) is 174 Å². The second kappa shape index (κ2) is 14.3. The lowest BCUT2D eigenvalue weighted by Gasteiger charge is -2.48. The Hall–Kier alpha value is -6.98. The van der Waals surface area contributed by atoms with E-state index >= 15 is 0 Å². The largest absolute Gasteiger partial charge is 0.456 e. The summed E-state index contributed by atoms with van der Waals surface area (Å²) in [6.45, 7) is 23.9. The van der Waals surface area contributed by atoms with Crippen molar-refractivity contribution in [1.82, 2.24) is 0 Å². The molecule has 0 saturated heterocycles. The molecule has 8 aromatic carbocycles. The third-order valence-electron chi connectivity index (χ3n) is 16.2. The van der Waals surface area contributed by atoms with Crippen molar-refractivity contribution in [1.29, 1.82) is 0 Å². The quantitative estimate of drug-likeness (QED) is 0.165. The standard InChI is InChI=1S/C64H59BN2O2/c1-61(2,3)39-24-29-50-52(32-39)67(42-27-28-46-44-16-11-13-20-56(44)68-58(46)35-42)55-34-40(62(4,5)6)33-54-59(55)65(50)51-36-48-49(64(9,10)31-30-63(48,7)8)37-53(51)66(54)41-25-22-38(23-26-41)43-18-15-19-47-45-17-12-14-21-57(45)69-60(43)47/h11-29,32-37H,30-31H2,1-10H3. The maximum absolute atomic E-state index is 6.64. The molecular formula is C64H59BN2O2. The lowest BCUT2D eigenvalue weighted by Crippen LogP contribution is -2.62. The molecule has 3 aliphatic rings. The van der Waals surface area contributed by atoms with Gasteiger partial charge in [0.25, 0.3) is 6.71 Å². The number of rotatable bonds is 3. The van der Waals surface area contributed by atoms with E-state index in [2.05, 4.69) is 225 Å². The van der Waals surface area contributed by atoms with E-state index in [-0.39, 0.29) is 28.4 Å². The van der Waals surface area contributed by atoms with Crippen molar-refractivity contribution >= 4 is 101 Å². The highest BCUT2D eigenvalue weighted by Crippen LogP contribution is 2.52. The second-order valence-electron chi connectivity index (χ2n) is 23.6. The first-order chi connectivity index (χ1) is 32.9. The molecule has 69 heavy (non-hydrogen) atoms. The van der Waals surface area contributed by atoms with Crippen molar-refractivity contribution < 1.29 is 8.83 Å². The van der Waals surface area contributed by atoms with Crippen molar-refractivity contribution in [2.45, 2.75) is 104 Å². The summed E-state index contributed by atoms with van der Waals surface area (Å²) >= 11 is 0. The van der Waals surface area contributed by atoms with Crippen LogP contribution in [0.2, 0.25) is 0 Å². The Bertz CT molecular complexity index is 3780. The Morgan fingerprint density at radius 2 is 1.00 bits per heavy atom. The molecule has 13 rings (SSSR count). The third kappa shape index (κ3) is 6.28. The van der Waals surface area contributed by atoms with Crippen LogP contribution in [-0.2, 0) is 21.7 Å². The minimum absolute atomic E-state index is 0.00145. The van der Waals surface area contributed by atoms with Crippen LogP contribution in [0, 0.1) is 0 Å². The second-order valence-corrected chi connectivity index (χ2v) is 23.6. The van der Waals surface area contributed by atoms with Crippen LogP contribution in [0.5, 0.6) is 0 Å². The SMILES string of the molecule is CC(C)(C)c1ccc2c(c1)N(c1ccc3c(c1)oc1ccccc13)c1cc(C(C)(C)C)cc3c1B2c1cc2c(cc1N3c1ccc(-c3cccc4c3oc3ccccc34)cc1)C(C)(C)CCC2(C)C. The zero-order chi connectivity index (χ0) is 47.5. The fourth-order valence-electron chi connectivity index (χ4n) is 12.1. The van der Waals surface area contributed by atoms with Gasteiger partial charge in [0.1, 0.15) is 22.3 Å². The summed E-state index contributed by atoms with van der Waals surface area (Å²) < 4.78 is 13.2. The summed E-state index contributed by atoms with van der Waals surface area (Å²) in [5.74, 6) is 0. The Labute approximate surface area is 406 Å². The molecule has 2 aromatic heterocycles. The van der Waals surface area contributed by atoms with Gasteiger partial charge in [-0.1, -0.05) is 154 Å². The average molecular weight is 899 g/mol. The van der Waals surface area contributed by atoms with Gasteiger partial charge >= 0.3 is 0 Å². The van der Waals surface area contributed by atoms with E-state index in [1.54, 1.807) is 0 Å². The van der Waals surface area contributed by atoms with Crippen LogP contribution in [0.15, 0.2) is 160 Å². The number of anilines is 6. The molecule has 5 heteroatoms. The minimum Gasteiger partial charge on any atom is -0.456 e. The van der Waals surface area contributed by atoms with Crippen molar-refractivity contribution in [2.75, 3.05) is 9.80 Å². The molecule has 0 saturated carbocycles. The van der Waals surface area contributed by atoms with Crippen molar-refractivity contribution in [3.63, 3.8) is 0 Å². The number of hydrogen-bond acceptors (Lipinski definition) is 4. The maximum atomic E-state index is 6.64. The molecule has 4 heterocycles. The molecule has 0 radical (unpaired) electrons. The fourth-order valence-corrected chi connectivity index (χ4v) is 12.1. The summed E-state index contributed by atoms with van der Waals surface area (Å²) in [5.41, 5.74) is 22.5. The summed E-state index contributed by atoms with van der Waals surface area (Å²) in [6, 6.07) is 57.0. The summed E-state index contributed by atoms with van der Waals surface area (Å²) in [7, 11) is 0. The Kier molecular flexibility index (Phi) is 8.73. The number of nitrogens with zero attached hydrogens (tertiary/aromatic N) is 2. The minimum atomic E-state index is -0.147. The maximum Gasteiger partial charge on any atom is 0.252 e. The van der Waals surface area contributed by atoms with E-state index in [1.165, 1.54) is 61.4 Å². The number of fused-ring (bicyclic) bond motifs is 11. The number of furan rings is 2. The van der Waals surface area contributed by atoms with E-state index in [0.717, 1.165) is 79.2 Å². The van der Waals surface area contributed by atoms with Gasteiger partial charge in [-0.15, -0.1) is 0 Å². The molecule has 4 nitrogen and oxygen atoms in total. The number of para-hydroxylation sites is 3. The molecular weight excluding hydrogens is 840 g/mol. The Morgan fingerprint density at radius 3 is 1.68 bits per heavy atom. The van der Waals surface area contributed by atoms with E-state index in [9.17, 15) is 0 Å². The summed E-state index contributed by atoms with van der Waals surface area (Å²) in [4.78, 5) is 5.17. The highest BCUT2D eigenvalue weighted by atomic mass is 16.3. The summed E-state index contributed by atoms with van der Waals surface area (Å²) in [5, 5.41) is 4.56. The first-order valence-electron chi connectivity index (χ1n) is 25.0. The van der Waals surface area contributed by atoms with Gasteiger partial charge in [-0.2, -0.15) is 0 Å². The molecule has 10 aromatic rings. The first-order valence-corrected chi connectivity index (χ1v) is 25.0. The van der Waals surface area contributed by atoms with Gasteiger partial charge < -0.3 is 18.6 Å². The zero-order valence-electron chi connectivity index (χ0n) is 41.6. The highest BCUT2D eigenvalue weighted by molar-refractivity contribution is 7.00. The van der Waals surface area contributed by atoms with Crippen LogP contribution in [0.4, 0.5) is 34.1 Å². The van der Waals surface area contributed by atoms with E-state index in [1.807, 2.05) is 6.07 Å². The smallest absolute Gasteiger partial charge is 0.252 e. The summed E-state index contributed by atoms with van der Waals surface area (Å²) in [6.07, 6.45) is 2.30. The van der Waals surface area contributed by atoms with E-state index < -0.39 is 0 Å². The molecule has 0 unspecified atom stereocenters. The number of benzene rings is 8. The molecule has 0 amide bonds. The van der Waals surface area contributed by atoms with Gasteiger partial charge in [0.05, 0.1) is 0 Å². The van der Waals surface area contributed by atoms with Crippen LogP contribution in [0.3, 0.4) is 0 Å². The lowest BCUT2D eigenvalue weighted by atomic mass is 9.33. The predicted octanol–water partition coefficient (Wildman–Crippen LogP) is 16.2. The average Bonchev–Trinajstić information content (AvgIpc) is 3.90. The van der Waals surface area contributed by atoms with Crippen LogP contribution in [0.25, 0.3) is 55.0 Å². The van der Waals surface area contributed by atoms with Gasteiger partial charge in [0, 0.05) is 67.3 Å². The molecule has 0 atom stereocenters. The molecule has 0 spiro atoms. The van der Waals surface area contributed by atoms with Gasteiger partial charge in [-0.25, -0.2) is 0 Å². The van der Waals surface area contributed by atoms with Crippen LogP contribution >= 0.6 is 0 Å². The van der Waals surface area contributed by atoms with E-state index in [4.69, 9.17) is 8.83 Å². The van der Waals surface area contributed by atoms with E-state index in [0.29, 0.717) is 0 Å². The molecule has 2 aliphatic heterocycles. The van der Waals surface area contributed by atoms with Gasteiger partial charge in [-0.05, 0) is 139 Å². The zero-order valence-corrected chi connectivity index (χ0v) is 41.6. The first kappa shape index (κ1) is 42.2. The van der Waals surface area contributed by atoms with Gasteiger partial charge in [0.15, 0.2) is 0 Å². The molecule has 0 fully saturated rings. The van der Waals surface area contributed by atoms with Crippen LogP contribution < -0.4 is 26.2 Å². The molecule has 0 bridgehead atoms. The fraction of sp³-hybridized carbons (Fsp3) is 0.250. The molecule has 340 valence electrons. The Morgan fingerprint density at radius 1 is 0.449 bits per heavy atom. The third-order valence-corrected chi connectivity index (χ3v) is 16.2. The highest BCUT2D eigenvalue weighted by Gasteiger charge is 2.47. The normalized spacial score (nSPS) is 16.0. The van der Waals surface area contributed by atoms with Crippen molar-refractivity contribution in [2.24, 2.45) is 0 Å². The Balaban J connectivity index is 1.10. The number of hydrogen-bond donors (Lipinski definition) is 0. The van der Waals surface area contributed by atoms with Gasteiger partial charge in [-0.3, -0.25) is 0 Å². The molecule has 0 N–H and O–H groups in total. The van der Waals surface area contributed by atoms with Crippen LogP contribution in [0.1, 0.15) is 104 Å². The monoisotopic (exact) mass is 898 g/mol.